The number of carbonyl (C=O) groups is 2. The van der Waals surface area contributed by atoms with Crippen LogP contribution in [0.5, 0.6) is 0 Å². The molecule has 3 unspecified atom stereocenters. The summed E-state index contributed by atoms with van der Waals surface area (Å²) in [6.07, 6.45) is 19.6. The summed E-state index contributed by atoms with van der Waals surface area (Å²) >= 11 is 4.64. The van der Waals surface area contributed by atoms with Gasteiger partial charge in [0.25, 0.3) is 0 Å². The van der Waals surface area contributed by atoms with Crippen molar-refractivity contribution < 1.29 is 20.1 Å². The zero-order chi connectivity index (χ0) is 27.1. The summed E-state index contributed by atoms with van der Waals surface area (Å²) < 4.78 is 6.07. The van der Waals surface area contributed by atoms with Crippen LogP contribution in [0.25, 0.3) is 0 Å². The number of anilines is 1. The van der Waals surface area contributed by atoms with Crippen molar-refractivity contribution >= 4 is 29.2 Å². The lowest BCUT2D eigenvalue weighted by atomic mass is 9.69. The van der Waals surface area contributed by atoms with Gasteiger partial charge < -0.3 is 15.8 Å². The van der Waals surface area contributed by atoms with E-state index >= 15 is 0 Å². The van der Waals surface area contributed by atoms with Crippen molar-refractivity contribution in [2.75, 3.05) is 18.2 Å². The minimum absolute atomic E-state index is 0.0286. The fourth-order valence-electron chi connectivity index (χ4n) is 5.13. The highest BCUT2D eigenvalue weighted by molar-refractivity contribution is 6.15. The Morgan fingerprint density at radius 1 is 1.14 bits per heavy atom. The number of quaternary nitrogens is 1. The van der Waals surface area contributed by atoms with Crippen LogP contribution in [0.4, 0.5) is 5.69 Å². The smallest absolute Gasteiger partial charge is 0.316 e. The van der Waals surface area contributed by atoms with Gasteiger partial charge in [-0.15, -0.1) is 23.9 Å². The fraction of sp³-hybridized carbons (Fsp3) is 0.517. The van der Waals surface area contributed by atoms with Crippen molar-refractivity contribution in [1.29, 1.82) is 0 Å². The van der Waals surface area contributed by atoms with Gasteiger partial charge in [-0.3, -0.25) is 9.59 Å². The van der Waals surface area contributed by atoms with E-state index in [1.807, 2.05) is 18.2 Å². The summed E-state index contributed by atoms with van der Waals surface area (Å²) in [5, 5.41) is 2.54. The van der Waals surface area contributed by atoms with Gasteiger partial charge in [0.1, 0.15) is 12.4 Å². The molecule has 2 aliphatic rings. The van der Waals surface area contributed by atoms with E-state index in [4.69, 9.17) is 11.2 Å². The van der Waals surface area contributed by atoms with Crippen LogP contribution in [0.2, 0.25) is 0 Å². The average molecular weight is 528 g/mol. The number of hydrogen-bond acceptors (Lipinski definition) is 5. The highest BCUT2D eigenvalue weighted by Gasteiger charge is 2.47. The van der Waals surface area contributed by atoms with Crippen molar-refractivity contribution in [1.82, 2.24) is 9.97 Å². The second-order valence-corrected chi connectivity index (χ2v) is 9.43. The highest BCUT2D eigenvalue weighted by Crippen LogP contribution is 2.43. The van der Waals surface area contributed by atoms with Gasteiger partial charge in [-0.2, -0.15) is 0 Å². The van der Waals surface area contributed by atoms with Gasteiger partial charge in [0, 0.05) is 31.6 Å². The standard InChI is InChI=1S/C22H29NO2.C6H7N3O.CH3Cl/c1-2-17-16-20(19(17)12-15-23)25-21(24)22(13-8-3-4-9-14-22)18-10-6-5-7-11-18;1-5(10)9-6-2-7-4-8-3-6;1-2/h1,5-7,10-11,17,19-20H,3-4,8-9,12-16,23H2;2-4H,1H3,(H,9,10);1H3/p+1. The van der Waals surface area contributed by atoms with Crippen LogP contribution in [-0.2, 0) is 19.7 Å². The van der Waals surface area contributed by atoms with Crippen LogP contribution in [-0.4, -0.2) is 40.9 Å². The molecule has 200 valence electrons. The monoisotopic (exact) mass is 527 g/mol. The van der Waals surface area contributed by atoms with Crippen LogP contribution in [0, 0.1) is 24.2 Å². The average Bonchev–Trinajstić information content (AvgIpc) is 3.19. The first-order valence-electron chi connectivity index (χ1n) is 12.9. The summed E-state index contributed by atoms with van der Waals surface area (Å²) in [4.78, 5) is 31.2. The first kappa shape index (κ1) is 30.3. The zero-order valence-corrected chi connectivity index (χ0v) is 22.8. The topological polar surface area (TPSA) is 109 Å². The maximum Gasteiger partial charge on any atom is 0.316 e. The Morgan fingerprint density at radius 2 is 1.76 bits per heavy atom. The summed E-state index contributed by atoms with van der Waals surface area (Å²) in [6, 6.07) is 10.2. The van der Waals surface area contributed by atoms with Crippen molar-refractivity contribution in [3.8, 4) is 12.3 Å². The Morgan fingerprint density at radius 3 is 2.30 bits per heavy atom. The summed E-state index contributed by atoms with van der Waals surface area (Å²) in [6.45, 7) is 2.27. The number of nitrogens with zero attached hydrogens (tertiary/aromatic N) is 2. The maximum atomic E-state index is 13.3. The summed E-state index contributed by atoms with van der Waals surface area (Å²) in [7, 11) is 0. The number of carbonyl (C=O) groups excluding carboxylic acids is 2. The molecule has 4 N–H and O–H groups in total. The van der Waals surface area contributed by atoms with Crippen LogP contribution in [0.15, 0.2) is 49.1 Å². The molecule has 1 aromatic heterocycles. The molecule has 0 radical (unpaired) electrons. The Labute approximate surface area is 225 Å². The molecule has 2 aliphatic carbocycles. The molecule has 2 fully saturated rings. The number of rotatable bonds is 6. The van der Waals surface area contributed by atoms with Crippen LogP contribution in [0.1, 0.15) is 63.9 Å². The molecule has 0 saturated heterocycles. The molecule has 3 atom stereocenters. The van der Waals surface area contributed by atoms with E-state index in [0.717, 1.165) is 50.6 Å². The van der Waals surface area contributed by atoms with Crippen molar-refractivity contribution in [3.05, 3.63) is 54.6 Å². The van der Waals surface area contributed by atoms with Crippen LogP contribution in [0.3, 0.4) is 0 Å². The minimum atomic E-state index is -0.478. The second kappa shape index (κ2) is 16.0. The largest absolute Gasteiger partial charge is 0.461 e. The third kappa shape index (κ3) is 8.55. The molecule has 2 aromatic rings. The molecule has 7 nitrogen and oxygen atoms in total. The number of benzene rings is 1. The number of ether oxygens (including phenoxy) is 1. The van der Waals surface area contributed by atoms with Gasteiger partial charge in [-0.25, -0.2) is 9.97 Å². The van der Waals surface area contributed by atoms with Gasteiger partial charge in [0.15, 0.2) is 0 Å². The molecule has 0 bridgehead atoms. The predicted octanol–water partition coefficient (Wildman–Crippen LogP) is 4.38. The lowest BCUT2D eigenvalue weighted by Gasteiger charge is -2.43. The normalized spacial score (nSPS) is 21.6. The zero-order valence-electron chi connectivity index (χ0n) is 22.0. The Kier molecular flexibility index (Phi) is 13.1. The number of terminal acetylenes is 1. The molecule has 0 spiro atoms. The Bertz CT molecular complexity index is 989. The third-order valence-electron chi connectivity index (χ3n) is 7.05. The lowest BCUT2D eigenvalue weighted by molar-refractivity contribution is -0.372. The van der Waals surface area contributed by atoms with Gasteiger partial charge >= 0.3 is 5.97 Å². The molecule has 37 heavy (non-hydrogen) atoms. The Hall–Kier alpha value is -2.95. The summed E-state index contributed by atoms with van der Waals surface area (Å²) in [5.41, 5.74) is 5.20. The van der Waals surface area contributed by atoms with E-state index in [-0.39, 0.29) is 29.8 Å². The number of hydrogen-bond donors (Lipinski definition) is 2. The van der Waals surface area contributed by atoms with E-state index in [1.165, 1.54) is 44.9 Å². The molecule has 2 saturated carbocycles. The Balaban J connectivity index is 0.000000336. The van der Waals surface area contributed by atoms with E-state index in [1.54, 1.807) is 0 Å². The number of amides is 1. The first-order valence-corrected chi connectivity index (χ1v) is 13.7. The number of nitrogens with one attached hydrogen (secondary N) is 1. The lowest BCUT2D eigenvalue weighted by Crippen LogP contribution is -2.55. The third-order valence-corrected chi connectivity index (χ3v) is 7.05. The fourth-order valence-corrected chi connectivity index (χ4v) is 5.13. The predicted molar refractivity (Wildman–Crippen MR) is 147 cm³/mol. The SMILES string of the molecule is C#CC1CC(OC(=O)C2(c3ccccc3)CCCCCC2)C1CC[NH3+].CC(=O)Nc1cncnc1.CCl. The molecule has 1 heterocycles. The first-order chi connectivity index (χ1) is 18.0. The van der Waals surface area contributed by atoms with E-state index in [0.29, 0.717) is 5.69 Å². The van der Waals surface area contributed by atoms with E-state index < -0.39 is 5.41 Å². The molecular formula is C29H40ClN4O3+. The molecule has 0 aliphatic heterocycles. The number of halogens is 1. The minimum Gasteiger partial charge on any atom is -0.461 e. The highest BCUT2D eigenvalue weighted by atomic mass is 35.5. The molecule has 1 aromatic carbocycles. The number of aromatic nitrogens is 2. The number of alkyl halides is 1. The quantitative estimate of drug-likeness (QED) is 0.251. The molecule has 8 heteroatoms. The van der Waals surface area contributed by atoms with Gasteiger partial charge in [-0.1, -0.05) is 56.0 Å². The van der Waals surface area contributed by atoms with Gasteiger partial charge in [0.05, 0.1) is 30.0 Å². The van der Waals surface area contributed by atoms with E-state index in [2.05, 4.69) is 50.7 Å². The van der Waals surface area contributed by atoms with Crippen molar-refractivity contribution in [2.45, 2.75) is 69.8 Å². The second-order valence-electron chi connectivity index (χ2n) is 9.43. The van der Waals surface area contributed by atoms with E-state index in [9.17, 15) is 9.59 Å². The van der Waals surface area contributed by atoms with Gasteiger partial charge in [0.2, 0.25) is 5.91 Å². The summed E-state index contributed by atoms with van der Waals surface area (Å²) in [5.74, 6) is 3.22. The van der Waals surface area contributed by atoms with Crippen molar-refractivity contribution in [2.24, 2.45) is 11.8 Å². The number of esters is 1. The molecule has 4 rings (SSSR count). The van der Waals surface area contributed by atoms with Crippen LogP contribution < -0.4 is 11.1 Å². The van der Waals surface area contributed by atoms with Crippen LogP contribution >= 0.6 is 11.6 Å². The molecule has 1 amide bonds. The van der Waals surface area contributed by atoms with Gasteiger partial charge in [-0.05, 0) is 24.8 Å². The molecular weight excluding hydrogens is 488 g/mol. The maximum absolute atomic E-state index is 13.3. The van der Waals surface area contributed by atoms with Crippen molar-refractivity contribution in [3.63, 3.8) is 0 Å².